The monoisotopic (exact) mass is 429 g/mol. The van der Waals surface area contributed by atoms with Crippen molar-refractivity contribution in [1.29, 1.82) is 0 Å². The molecule has 4 nitrogen and oxygen atoms in total. The van der Waals surface area contributed by atoms with Gasteiger partial charge in [-0.2, -0.15) is 13.2 Å². The van der Waals surface area contributed by atoms with E-state index in [1.165, 1.54) is 12.1 Å². The van der Waals surface area contributed by atoms with E-state index in [9.17, 15) is 27.9 Å². The van der Waals surface area contributed by atoms with Gasteiger partial charge in [-0.1, -0.05) is 48.5 Å². The van der Waals surface area contributed by atoms with Crippen LogP contribution in [0, 0.1) is 0 Å². The molecule has 0 saturated carbocycles. The van der Waals surface area contributed by atoms with Crippen LogP contribution in [0.4, 0.5) is 18.0 Å². The molecule has 8 heteroatoms. The van der Waals surface area contributed by atoms with Crippen LogP contribution in [0.1, 0.15) is 16.7 Å². The summed E-state index contributed by atoms with van der Waals surface area (Å²) in [6.07, 6.45) is -3.51. The van der Waals surface area contributed by atoms with Gasteiger partial charge in [0.2, 0.25) is 0 Å². The van der Waals surface area contributed by atoms with Crippen LogP contribution in [0.3, 0.4) is 0 Å². The SMILES string of the molecule is O=C1S/C(=C/c2ccc(O)c(C(F)(F)F)c2)C(=O)N1Cc1cccc2ccccc12. The van der Waals surface area contributed by atoms with Crippen molar-refractivity contribution >= 4 is 39.8 Å². The molecule has 3 aromatic carbocycles. The van der Waals surface area contributed by atoms with Gasteiger partial charge in [-0.15, -0.1) is 0 Å². The Morgan fingerprint density at radius 3 is 2.50 bits per heavy atom. The number of aromatic hydroxyl groups is 1. The van der Waals surface area contributed by atoms with Gasteiger partial charge < -0.3 is 5.11 Å². The van der Waals surface area contributed by atoms with Crippen LogP contribution in [0.2, 0.25) is 0 Å². The van der Waals surface area contributed by atoms with E-state index >= 15 is 0 Å². The fraction of sp³-hybridized carbons (Fsp3) is 0.0909. The molecule has 0 aromatic heterocycles. The number of alkyl halides is 3. The average Bonchev–Trinajstić information content (AvgIpc) is 2.96. The van der Waals surface area contributed by atoms with Crippen molar-refractivity contribution in [2.24, 2.45) is 0 Å². The number of halogens is 3. The number of thioether (sulfide) groups is 1. The highest BCUT2D eigenvalue weighted by molar-refractivity contribution is 8.18. The van der Waals surface area contributed by atoms with Gasteiger partial charge in [0.25, 0.3) is 11.1 Å². The van der Waals surface area contributed by atoms with E-state index in [2.05, 4.69) is 0 Å². The molecule has 1 heterocycles. The van der Waals surface area contributed by atoms with Crippen molar-refractivity contribution in [3.8, 4) is 5.75 Å². The summed E-state index contributed by atoms with van der Waals surface area (Å²) >= 11 is 0.674. The van der Waals surface area contributed by atoms with Crippen molar-refractivity contribution in [2.45, 2.75) is 12.7 Å². The number of hydrogen-bond donors (Lipinski definition) is 1. The number of benzene rings is 3. The minimum Gasteiger partial charge on any atom is -0.507 e. The maximum absolute atomic E-state index is 13.0. The number of hydrogen-bond acceptors (Lipinski definition) is 4. The second kappa shape index (κ2) is 7.53. The predicted molar refractivity (Wildman–Crippen MR) is 109 cm³/mol. The lowest BCUT2D eigenvalue weighted by Gasteiger charge is -2.14. The molecule has 0 unspecified atom stereocenters. The summed E-state index contributed by atoms with van der Waals surface area (Å²) in [5.74, 6) is -1.47. The zero-order chi connectivity index (χ0) is 21.5. The van der Waals surface area contributed by atoms with Crippen LogP contribution in [-0.2, 0) is 17.5 Å². The fourth-order valence-electron chi connectivity index (χ4n) is 3.26. The Morgan fingerprint density at radius 1 is 1.00 bits per heavy atom. The van der Waals surface area contributed by atoms with E-state index in [-0.39, 0.29) is 17.0 Å². The largest absolute Gasteiger partial charge is 0.507 e. The summed E-state index contributed by atoms with van der Waals surface area (Å²) < 4.78 is 39.0. The average molecular weight is 429 g/mol. The molecule has 0 radical (unpaired) electrons. The van der Waals surface area contributed by atoms with Gasteiger partial charge >= 0.3 is 6.18 Å². The number of amides is 2. The summed E-state index contributed by atoms with van der Waals surface area (Å²) in [5.41, 5.74) is -0.345. The molecular formula is C22H14F3NO3S. The zero-order valence-corrected chi connectivity index (χ0v) is 16.1. The van der Waals surface area contributed by atoms with E-state index < -0.39 is 28.6 Å². The summed E-state index contributed by atoms with van der Waals surface area (Å²) in [6.45, 7) is 0.0622. The van der Waals surface area contributed by atoms with E-state index in [0.29, 0.717) is 11.8 Å². The van der Waals surface area contributed by atoms with Crippen LogP contribution in [0.25, 0.3) is 16.8 Å². The number of imide groups is 1. The summed E-state index contributed by atoms with van der Waals surface area (Å²) in [5, 5.41) is 10.8. The Labute approximate surface area is 173 Å². The lowest BCUT2D eigenvalue weighted by molar-refractivity contribution is -0.138. The van der Waals surface area contributed by atoms with Crippen molar-refractivity contribution in [3.63, 3.8) is 0 Å². The van der Waals surface area contributed by atoms with Crippen molar-refractivity contribution in [3.05, 3.63) is 82.3 Å². The molecule has 0 bridgehead atoms. The van der Waals surface area contributed by atoms with Crippen LogP contribution in [0.5, 0.6) is 5.75 Å². The lowest BCUT2D eigenvalue weighted by atomic mass is 10.0. The molecule has 1 saturated heterocycles. The molecule has 1 N–H and O–H groups in total. The molecule has 1 aliphatic rings. The first kappa shape index (κ1) is 20.0. The third kappa shape index (κ3) is 3.78. The summed E-state index contributed by atoms with van der Waals surface area (Å²) in [6, 6.07) is 16.1. The van der Waals surface area contributed by atoms with Gasteiger partial charge in [0.15, 0.2) is 0 Å². The third-order valence-corrected chi connectivity index (χ3v) is 5.61. The molecular weight excluding hydrogens is 415 g/mol. The number of nitrogens with zero attached hydrogens (tertiary/aromatic N) is 1. The quantitative estimate of drug-likeness (QED) is 0.535. The minimum atomic E-state index is -4.73. The maximum atomic E-state index is 13.0. The van der Waals surface area contributed by atoms with Gasteiger partial charge in [-0.3, -0.25) is 14.5 Å². The van der Waals surface area contributed by atoms with Gasteiger partial charge in [-0.25, -0.2) is 0 Å². The fourth-order valence-corrected chi connectivity index (χ4v) is 4.10. The summed E-state index contributed by atoms with van der Waals surface area (Å²) in [4.78, 5) is 26.3. The van der Waals surface area contributed by atoms with Gasteiger partial charge in [0, 0.05) is 0 Å². The van der Waals surface area contributed by atoms with Gasteiger partial charge in [0.1, 0.15) is 5.75 Å². The highest BCUT2D eigenvalue weighted by atomic mass is 32.2. The van der Waals surface area contributed by atoms with E-state index in [0.717, 1.165) is 33.4 Å². The van der Waals surface area contributed by atoms with Crippen LogP contribution in [0.15, 0.2) is 65.6 Å². The first-order valence-electron chi connectivity index (χ1n) is 8.86. The molecule has 30 heavy (non-hydrogen) atoms. The molecule has 1 aliphatic heterocycles. The Bertz CT molecular complexity index is 1200. The highest BCUT2D eigenvalue weighted by Gasteiger charge is 2.36. The second-order valence-corrected chi connectivity index (χ2v) is 7.67. The van der Waals surface area contributed by atoms with Crippen LogP contribution >= 0.6 is 11.8 Å². The Balaban J connectivity index is 1.63. The molecule has 3 aromatic rings. The molecule has 0 spiro atoms. The van der Waals surface area contributed by atoms with Crippen molar-refractivity contribution in [1.82, 2.24) is 4.90 Å². The Kier molecular flexibility index (Phi) is 5.03. The van der Waals surface area contributed by atoms with Crippen molar-refractivity contribution in [2.75, 3.05) is 0 Å². The van der Waals surface area contributed by atoms with Gasteiger partial charge in [0.05, 0.1) is 17.0 Å². The number of phenols is 1. The van der Waals surface area contributed by atoms with E-state index in [1.54, 1.807) is 0 Å². The molecule has 152 valence electrons. The topological polar surface area (TPSA) is 57.6 Å². The number of carbonyl (C=O) groups is 2. The maximum Gasteiger partial charge on any atom is 0.419 e. The highest BCUT2D eigenvalue weighted by Crippen LogP contribution is 2.38. The Hall–Kier alpha value is -3.26. The standard InChI is InChI=1S/C22H14F3NO3S/c23-22(24,25)17-10-13(8-9-18(17)27)11-19-20(28)26(21(29)30-19)12-15-6-3-5-14-4-1-2-7-16(14)15/h1-11,27H,12H2/b19-11+. The molecule has 4 rings (SSSR count). The molecule has 0 atom stereocenters. The lowest BCUT2D eigenvalue weighted by Crippen LogP contribution is -2.27. The van der Waals surface area contributed by atoms with Crippen molar-refractivity contribution < 1.29 is 27.9 Å². The first-order valence-corrected chi connectivity index (χ1v) is 9.68. The van der Waals surface area contributed by atoms with Crippen LogP contribution in [-0.4, -0.2) is 21.2 Å². The number of fused-ring (bicyclic) bond motifs is 1. The molecule has 0 aliphatic carbocycles. The Morgan fingerprint density at radius 2 is 1.73 bits per heavy atom. The molecule has 1 fully saturated rings. The normalized spacial score (nSPS) is 16.1. The van der Waals surface area contributed by atoms with Crippen LogP contribution < -0.4 is 0 Å². The summed E-state index contributed by atoms with van der Waals surface area (Å²) in [7, 11) is 0. The molecule has 2 amide bonds. The van der Waals surface area contributed by atoms with Gasteiger partial charge in [-0.05, 0) is 51.9 Å². The first-order chi connectivity index (χ1) is 14.2. The number of carbonyl (C=O) groups excluding carboxylic acids is 2. The number of phenolic OH excluding ortho intramolecular Hbond substituents is 1. The smallest absolute Gasteiger partial charge is 0.419 e. The third-order valence-electron chi connectivity index (χ3n) is 4.71. The van der Waals surface area contributed by atoms with E-state index in [4.69, 9.17) is 0 Å². The second-order valence-electron chi connectivity index (χ2n) is 6.68. The van der Waals surface area contributed by atoms with E-state index in [1.807, 2.05) is 42.5 Å². The number of rotatable bonds is 3. The zero-order valence-electron chi connectivity index (χ0n) is 15.3. The predicted octanol–water partition coefficient (Wildman–Crippen LogP) is 5.80. The minimum absolute atomic E-state index is 0.0269.